The number of hydrogen-bond acceptors (Lipinski definition) is 4. The summed E-state index contributed by atoms with van der Waals surface area (Å²) in [5, 5.41) is 12.2. The van der Waals surface area contributed by atoms with Crippen molar-refractivity contribution in [3.63, 3.8) is 0 Å². The van der Waals surface area contributed by atoms with E-state index in [-0.39, 0.29) is 17.4 Å². The van der Waals surface area contributed by atoms with Crippen LogP contribution in [0.1, 0.15) is 69.9 Å². The molecule has 0 saturated heterocycles. The molecular formula is C23H27N3O. The van der Waals surface area contributed by atoms with Gasteiger partial charge in [0.25, 0.3) is 0 Å². The van der Waals surface area contributed by atoms with Gasteiger partial charge in [0.2, 0.25) is 0 Å². The van der Waals surface area contributed by atoms with Crippen LogP contribution in [0, 0.1) is 5.41 Å². The lowest BCUT2D eigenvalue weighted by atomic mass is 9.58. The fourth-order valence-corrected chi connectivity index (χ4v) is 5.36. The molecule has 2 aliphatic heterocycles. The lowest BCUT2D eigenvalue weighted by molar-refractivity contribution is -0.119. The Bertz CT molecular complexity index is 919. The standard InChI is InChI=1S/C23H27N3O/c1-4-23(16-7-5-6-15(10-16)14-8-9-14)17-13-24-26-21(17)25-18-11-22(2,3)12-19(27)20(18)23/h5-7,10,13-14,21,25H,4,8-9,11-12H2,1-3H3. The minimum absolute atomic E-state index is 0.0186. The van der Waals surface area contributed by atoms with Crippen molar-refractivity contribution in [1.82, 2.24) is 5.32 Å². The lowest BCUT2D eigenvalue weighted by Crippen LogP contribution is -2.51. The third-order valence-corrected chi connectivity index (χ3v) is 6.74. The molecule has 1 saturated carbocycles. The van der Waals surface area contributed by atoms with E-state index in [1.807, 2.05) is 6.20 Å². The average molecular weight is 361 g/mol. The number of allylic oxidation sites excluding steroid dienone is 2. The summed E-state index contributed by atoms with van der Waals surface area (Å²) in [4.78, 5) is 13.4. The maximum absolute atomic E-state index is 13.4. The number of hydrogen-bond donors (Lipinski definition) is 1. The topological polar surface area (TPSA) is 53.8 Å². The van der Waals surface area contributed by atoms with Crippen molar-refractivity contribution >= 4 is 5.78 Å². The molecule has 1 aromatic carbocycles. The van der Waals surface area contributed by atoms with Gasteiger partial charge >= 0.3 is 0 Å². The Labute approximate surface area is 160 Å². The third kappa shape index (κ3) is 2.45. The molecular weight excluding hydrogens is 334 g/mol. The van der Waals surface area contributed by atoms with Gasteiger partial charge in [-0.25, -0.2) is 0 Å². The zero-order valence-corrected chi connectivity index (χ0v) is 16.4. The van der Waals surface area contributed by atoms with Gasteiger partial charge in [0.15, 0.2) is 11.9 Å². The molecule has 4 heteroatoms. The molecule has 0 spiro atoms. The first-order valence-electron chi connectivity index (χ1n) is 10.2. The Balaban J connectivity index is 1.74. The molecule has 2 atom stereocenters. The maximum Gasteiger partial charge on any atom is 0.164 e. The molecule has 2 unspecified atom stereocenters. The van der Waals surface area contributed by atoms with Crippen LogP contribution in [0.25, 0.3) is 0 Å². The Morgan fingerprint density at radius 3 is 2.78 bits per heavy atom. The Kier molecular flexibility index (Phi) is 3.53. The van der Waals surface area contributed by atoms with Crippen molar-refractivity contribution in [2.45, 2.75) is 70.4 Å². The minimum atomic E-state index is -0.409. The van der Waals surface area contributed by atoms with Gasteiger partial charge in [-0.05, 0) is 48.1 Å². The highest BCUT2D eigenvalue weighted by Gasteiger charge is 2.53. The van der Waals surface area contributed by atoms with E-state index < -0.39 is 5.41 Å². The second kappa shape index (κ2) is 5.63. The minimum Gasteiger partial charge on any atom is -0.362 e. The summed E-state index contributed by atoms with van der Waals surface area (Å²) in [5.41, 5.74) is 5.39. The summed E-state index contributed by atoms with van der Waals surface area (Å²) >= 11 is 0. The van der Waals surface area contributed by atoms with Crippen molar-refractivity contribution in [3.05, 3.63) is 58.4 Å². The van der Waals surface area contributed by atoms with Gasteiger partial charge in [0, 0.05) is 23.3 Å². The molecule has 0 bridgehead atoms. The van der Waals surface area contributed by atoms with Crippen molar-refractivity contribution in [3.8, 4) is 0 Å². The van der Waals surface area contributed by atoms with Crippen molar-refractivity contribution in [2.75, 3.05) is 0 Å². The van der Waals surface area contributed by atoms with Crippen molar-refractivity contribution < 1.29 is 4.79 Å². The van der Waals surface area contributed by atoms with Crippen LogP contribution in [0.15, 0.2) is 57.5 Å². The highest BCUT2D eigenvalue weighted by Crippen LogP contribution is 2.54. The summed E-state index contributed by atoms with van der Waals surface area (Å²) in [5.74, 6) is 0.969. The predicted octanol–water partition coefficient (Wildman–Crippen LogP) is 5.13. The van der Waals surface area contributed by atoms with Crippen LogP contribution in [-0.2, 0) is 10.2 Å². The Morgan fingerprint density at radius 2 is 2.04 bits per heavy atom. The largest absolute Gasteiger partial charge is 0.362 e. The first-order valence-corrected chi connectivity index (χ1v) is 10.2. The monoisotopic (exact) mass is 361 g/mol. The molecule has 4 nitrogen and oxygen atoms in total. The van der Waals surface area contributed by atoms with E-state index in [2.05, 4.69) is 60.6 Å². The number of nitrogens with zero attached hydrogens (tertiary/aromatic N) is 2. The Morgan fingerprint density at radius 1 is 1.22 bits per heavy atom. The van der Waals surface area contributed by atoms with Crippen molar-refractivity contribution in [2.24, 2.45) is 15.6 Å². The molecule has 0 aromatic heterocycles. The number of rotatable bonds is 3. The summed E-state index contributed by atoms with van der Waals surface area (Å²) in [6, 6.07) is 8.95. The smallest absolute Gasteiger partial charge is 0.164 e. The SMILES string of the molecule is CCC1(c2cccc(C3CC3)c2)C2=CN=NC2NC2=C1C(=O)CC(C)(C)C2. The molecule has 1 fully saturated rings. The van der Waals surface area contributed by atoms with Crippen LogP contribution >= 0.6 is 0 Å². The van der Waals surface area contributed by atoms with Crippen molar-refractivity contribution in [1.29, 1.82) is 0 Å². The average Bonchev–Trinajstić information content (AvgIpc) is 3.37. The van der Waals surface area contributed by atoms with E-state index in [9.17, 15) is 4.79 Å². The first kappa shape index (κ1) is 16.9. The van der Waals surface area contributed by atoms with Crippen LogP contribution in [0.3, 0.4) is 0 Å². The highest BCUT2D eigenvalue weighted by atomic mass is 16.1. The number of ketones is 1. The maximum atomic E-state index is 13.4. The van der Waals surface area contributed by atoms with Gasteiger partial charge in [0.1, 0.15) is 0 Å². The first-order chi connectivity index (χ1) is 12.9. The zero-order valence-electron chi connectivity index (χ0n) is 16.4. The van der Waals surface area contributed by atoms with Gasteiger partial charge in [-0.3, -0.25) is 4.79 Å². The zero-order chi connectivity index (χ0) is 18.8. The van der Waals surface area contributed by atoms with Gasteiger partial charge in [-0.1, -0.05) is 45.0 Å². The molecule has 0 radical (unpaired) electrons. The molecule has 0 amide bonds. The second-order valence-electron chi connectivity index (χ2n) is 9.32. The fourth-order valence-electron chi connectivity index (χ4n) is 5.36. The van der Waals surface area contributed by atoms with Gasteiger partial charge in [0.05, 0.1) is 11.6 Å². The van der Waals surface area contributed by atoms with Crippen LogP contribution in [0.4, 0.5) is 0 Å². The normalized spacial score (nSPS) is 31.3. The van der Waals surface area contributed by atoms with Crippen LogP contribution in [0.5, 0.6) is 0 Å². The molecule has 140 valence electrons. The van der Waals surface area contributed by atoms with E-state index in [4.69, 9.17) is 0 Å². The number of fused-ring (bicyclic) bond motifs is 1. The van der Waals surface area contributed by atoms with E-state index in [1.54, 1.807) is 0 Å². The second-order valence-corrected chi connectivity index (χ2v) is 9.32. The summed E-state index contributed by atoms with van der Waals surface area (Å²) < 4.78 is 0. The number of azo groups is 1. The molecule has 5 rings (SSSR count). The molecule has 2 aliphatic carbocycles. The fraction of sp³-hybridized carbons (Fsp3) is 0.522. The Hall–Kier alpha value is -2.23. The lowest BCUT2D eigenvalue weighted by Gasteiger charge is -2.47. The number of carbonyl (C=O) groups is 1. The predicted molar refractivity (Wildman–Crippen MR) is 105 cm³/mol. The van der Waals surface area contributed by atoms with Crippen LogP contribution < -0.4 is 5.32 Å². The van der Waals surface area contributed by atoms with E-state index in [0.717, 1.165) is 29.7 Å². The quantitative estimate of drug-likeness (QED) is 0.811. The number of Topliss-reactive ketones (excluding diaryl/α,β-unsaturated/α-hetero) is 1. The van der Waals surface area contributed by atoms with E-state index in [0.29, 0.717) is 12.3 Å². The molecule has 27 heavy (non-hydrogen) atoms. The van der Waals surface area contributed by atoms with Gasteiger partial charge < -0.3 is 5.32 Å². The summed E-state index contributed by atoms with van der Waals surface area (Å²) in [7, 11) is 0. The molecule has 1 aromatic rings. The molecule has 2 heterocycles. The van der Waals surface area contributed by atoms with Crippen LogP contribution in [0.2, 0.25) is 0 Å². The number of carbonyl (C=O) groups excluding carboxylic acids is 1. The third-order valence-electron chi connectivity index (χ3n) is 6.74. The van der Waals surface area contributed by atoms with Gasteiger partial charge in [-0.15, -0.1) is 0 Å². The summed E-state index contributed by atoms with van der Waals surface area (Å²) in [6.07, 6.45) is 6.64. The number of nitrogens with one attached hydrogen (secondary N) is 1. The summed E-state index contributed by atoms with van der Waals surface area (Å²) in [6.45, 7) is 6.56. The molecule has 4 aliphatic rings. The highest BCUT2D eigenvalue weighted by molar-refractivity contribution is 6.01. The van der Waals surface area contributed by atoms with Gasteiger partial charge in [-0.2, -0.15) is 10.2 Å². The van der Waals surface area contributed by atoms with Crippen LogP contribution in [-0.4, -0.2) is 11.9 Å². The number of benzene rings is 1. The molecule has 1 N–H and O–H groups in total. The van der Waals surface area contributed by atoms with E-state index in [1.165, 1.54) is 24.0 Å². The van der Waals surface area contributed by atoms with E-state index >= 15 is 0 Å².